The van der Waals surface area contributed by atoms with Crippen LogP contribution in [-0.4, -0.2) is 43.2 Å². The Morgan fingerprint density at radius 2 is 2.03 bits per heavy atom. The lowest BCUT2D eigenvalue weighted by Crippen LogP contribution is -2.32. The van der Waals surface area contributed by atoms with Crippen molar-refractivity contribution in [1.82, 2.24) is 24.7 Å². The monoisotopic (exact) mass is 507 g/mol. The Balaban J connectivity index is 1.57. The molecule has 0 saturated carbocycles. The number of nitrogens with zero attached hydrogens (tertiary/aromatic N) is 5. The third-order valence-electron chi connectivity index (χ3n) is 6.40. The van der Waals surface area contributed by atoms with Gasteiger partial charge in [0, 0.05) is 12.0 Å². The smallest absolute Gasteiger partial charge is 0.305 e. The highest BCUT2D eigenvalue weighted by Crippen LogP contribution is 2.43. The minimum atomic E-state index is -1.15. The van der Waals surface area contributed by atoms with Gasteiger partial charge in [-0.2, -0.15) is 5.10 Å². The van der Waals surface area contributed by atoms with Crippen molar-refractivity contribution in [2.75, 3.05) is 17.7 Å². The summed E-state index contributed by atoms with van der Waals surface area (Å²) in [5, 5.41) is 7.51. The van der Waals surface area contributed by atoms with Gasteiger partial charge in [-0.3, -0.25) is 9.59 Å². The molecule has 1 aromatic carbocycles. The second-order valence-electron chi connectivity index (χ2n) is 8.87. The first-order valence-corrected chi connectivity index (χ1v) is 11.6. The molecule has 10 nitrogen and oxygen atoms in total. The molecule has 0 saturated heterocycles. The van der Waals surface area contributed by atoms with E-state index in [1.54, 1.807) is 32.0 Å². The molecule has 0 spiro atoms. The number of amides is 1. The average molecular weight is 508 g/mol. The molecule has 1 aliphatic heterocycles. The minimum Gasteiger partial charge on any atom is -0.466 e. The molecule has 0 fully saturated rings. The van der Waals surface area contributed by atoms with E-state index in [4.69, 9.17) is 10.5 Å². The highest BCUT2D eigenvalue weighted by atomic mass is 19.1. The van der Waals surface area contributed by atoms with Crippen molar-refractivity contribution in [2.45, 2.75) is 38.6 Å². The molecule has 1 unspecified atom stereocenters. The lowest BCUT2D eigenvalue weighted by Gasteiger charge is -2.22. The molecule has 3 N–H and O–H groups in total. The van der Waals surface area contributed by atoms with Crippen LogP contribution in [-0.2, 0) is 26.3 Å². The van der Waals surface area contributed by atoms with Gasteiger partial charge in [-0.1, -0.05) is 18.2 Å². The van der Waals surface area contributed by atoms with Gasteiger partial charge in [0.15, 0.2) is 11.5 Å². The molecule has 5 rings (SSSR count). The minimum absolute atomic E-state index is 0.00836. The predicted octanol–water partition coefficient (Wildman–Crippen LogP) is 3.35. The number of nitrogens with one attached hydrogen (secondary N) is 1. The zero-order valence-electron chi connectivity index (χ0n) is 20.1. The quantitative estimate of drug-likeness (QED) is 0.363. The van der Waals surface area contributed by atoms with E-state index in [0.717, 1.165) is 6.20 Å². The van der Waals surface area contributed by atoms with Crippen molar-refractivity contribution in [2.24, 2.45) is 0 Å². The highest BCUT2D eigenvalue weighted by Gasteiger charge is 2.46. The van der Waals surface area contributed by atoms with Gasteiger partial charge in [-0.05, 0) is 32.4 Å². The first-order chi connectivity index (χ1) is 17.7. The molecule has 1 atom stereocenters. The van der Waals surface area contributed by atoms with E-state index >= 15 is 0 Å². The highest BCUT2D eigenvalue weighted by molar-refractivity contribution is 6.07. The first kappa shape index (κ1) is 24.2. The number of ether oxygens (including phenoxy) is 1. The first-order valence-electron chi connectivity index (χ1n) is 11.6. The molecule has 1 aliphatic rings. The Labute approximate surface area is 209 Å². The van der Waals surface area contributed by atoms with Crippen LogP contribution >= 0.6 is 0 Å². The number of anilines is 2. The van der Waals surface area contributed by atoms with Gasteiger partial charge in [0.25, 0.3) is 0 Å². The van der Waals surface area contributed by atoms with Crippen LogP contribution in [0.25, 0.3) is 22.6 Å². The van der Waals surface area contributed by atoms with E-state index < -0.39 is 23.0 Å². The summed E-state index contributed by atoms with van der Waals surface area (Å²) >= 11 is 0. The SMILES string of the molecule is CCOC(=O)CCC1(C)C(=O)Nc2nc(-c3nn(Cc4ccccc4F)c4ncc(F)cc34)nc(N)c21. The third kappa shape index (κ3) is 4.24. The maximum atomic E-state index is 14.3. The fourth-order valence-electron chi connectivity index (χ4n) is 4.50. The van der Waals surface area contributed by atoms with Crippen LogP contribution in [0.15, 0.2) is 36.5 Å². The van der Waals surface area contributed by atoms with E-state index in [1.807, 2.05) is 0 Å². The molecule has 4 aromatic rings. The van der Waals surface area contributed by atoms with Crippen LogP contribution in [0.1, 0.15) is 37.8 Å². The zero-order chi connectivity index (χ0) is 26.3. The summed E-state index contributed by atoms with van der Waals surface area (Å²) in [5.41, 5.74) is 6.35. The summed E-state index contributed by atoms with van der Waals surface area (Å²) in [5.74, 6) is -1.59. The number of hydrogen-bond donors (Lipinski definition) is 2. The van der Waals surface area contributed by atoms with Crippen LogP contribution < -0.4 is 11.1 Å². The summed E-state index contributed by atoms with van der Waals surface area (Å²) in [6.07, 6.45) is 1.19. The summed E-state index contributed by atoms with van der Waals surface area (Å²) < 4.78 is 34.9. The number of halogens is 2. The van der Waals surface area contributed by atoms with Crippen LogP contribution in [0.3, 0.4) is 0 Å². The second-order valence-corrected chi connectivity index (χ2v) is 8.87. The lowest BCUT2D eigenvalue weighted by molar-refractivity contribution is -0.143. The van der Waals surface area contributed by atoms with Gasteiger partial charge >= 0.3 is 5.97 Å². The van der Waals surface area contributed by atoms with Crippen molar-refractivity contribution < 1.29 is 23.1 Å². The van der Waals surface area contributed by atoms with Gasteiger partial charge in [-0.25, -0.2) is 28.4 Å². The van der Waals surface area contributed by atoms with Crippen molar-refractivity contribution in [3.05, 3.63) is 59.3 Å². The number of aromatic nitrogens is 5. The molecular formula is C25H23F2N7O3. The Kier molecular flexibility index (Phi) is 6.02. The van der Waals surface area contributed by atoms with Gasteiger partial charge in [0.1, 0.15) is 29.0 Å². The molecular weight excluding hydrogens is 484 g/mol. The number of pyridine rings is 1. The molecule has 0 radical (unpaired) electrons. The maximum Gasteiger partial charge on any atom is 0.305 e. The number of rotatable bonds is 7. The molecule has 12 heteroatoms. The van der Waals surface area contributed by atoms with Crippen molar-refractivity contribution in [3.8, 4) is 11.5 Å². The van der Waals surface area contributed by atoms with Gasteiger partial charge in [0.05, 0.1) is 35.7 Å². The van der Waals surface area contributed by atoms with Crippen molar-refractivity contribution in [1.29, 1.82) is 0 Å². The van der Waals surface area contributed by atoms with Crippen molar-refractivity contribution >= 4 is 34.5 Å². The number of fused-ring (bicyclic) bond motifs is 2. The number of carbonyl (C=O) groups is 2. The number of hydrogen-bond acceptors (Lipinski definition) is 8. The Hall–Kier alpha value is -4.48. The van der Waals surface area contributed by atoms with Gasteiger partial charge in [0.2, 0.25) is 5.91 Å². The second kappa shape index (κ2) is 9.19. The largest absolute Gasteiger partial charge is 0.466 e. The normalized spacial score (nSPS) is 16.6. The van der Waals surface area contributed by atoms with Gasteiger partial charge < -0.3 is 15.8 Å². The molecule has 0 bridgehead atoms. The number of nitrogens with two attached hydrogens (primary N) is 1. The Bertz CT molecular complexity index is 1560. The topological polar surface area (TPSA) is 138 Å². The molecule has 3 aromatic heterocycles. The average Bonchev–Trinajstić information content (AvgIpc) is 3.33. The van der Waals surface area contributed by atoms with Crippen LogP contribution in [0, 0.1) is 11.6 Å². The summed E-state index contributed by atoms with van der Waals surface area (Å²) in [6, 6.07) is 7.46. The number of carbonyl (C=O) groups excluding carboxylic acids is 2. The number of benzene rings is 1. The van der Waals surface area contributed by atoms with E-state index in [1.165, 1.54) is 16.8 Å². The van der Waals surface area contributed by atoms with Gasteiger partial charge in [-0.15, -0.1) is 0 Å². The molecule has 4 heterocycles. The third-order valence-corrected chi connectivity index (χ3v) is 6.40. The Morgan fingerprint density at radius 1 is 1.24 bits per heavy atom. The van der Waals surface area contributed by atoms with E-state index in [0.29, 0.717) is 22.2 Å². The van der Waals surface area contributed by atoms with Crippen LogP contribution in [0.4, 0.5) is 20.4 Å². The maximum absolute atomic E-state index is 14.3. The van der Waals surface area contributed by atoms with Crippen LogP contribution in [0.5, 0.6) is 0 Å². The lowest BCUT2D eigenvalue weighted by atomic mass is 9.80. The summed E-state index contributed by atoms with van der Waals surface area (Å²) in [4.78, 5) is 37.8. The van der Waals surface area contributed by atoms with E-state index in [2.05, 4.69) is 25.4 Å². The predicted molar refractivity (Wildman–Crippen MR) is 130 cm³/mol. The molecule has 1 amide bonds. The molecule has 190 valence electrons. The summed E-state index contributed by atoms with van der Waals surface area (Å²) in [6.45, 7) is 3.63. The fourth-order valence-corrected chi connectivity index (χ4v) is 4.50. The van der Waals surface area contributed by atoms with Crippen LogP contribution in [0.2, 0.25) is 0 Å². The number of nitrogen functional groups attached to an aromatic ring is 1. The summed E-state index contributed by atoms with van der Waals surface area (Å²) in [7, 11) is 0. The number of esters is 1. The Morgan fingerprint density at radius 3 is 2.78 bits per heavy atom. The zero-order valence-corrected chi connectivity index (χ0v) is 20.1. The standard InChI is InChI=1S/C25H23F2N7O3/c1-3-37-17(35)8-9-25(2)18-20(28)30-22(31-21(18)32-24(25)36)19-15-10-14(26)11-29-23(15)34(33-19)12-13-6-4-5-7-16(13)27/h4-7,10-11H,3,8-9,12H2,1-2H3,(H3,28,30,31,32,36). The fraction of sp³-hybridized carbons (Fsp3) is 0.280. The molecule has 0 aliphatic carbocycles. The van der Waals surface area contributed by atoms with E-state index in [-0.39, 0.29) is 55.1 Å². The molecule has 37 heavy (non-hydrogen) atoms. The van der Waals surface area contributed by atoms with E-state index in [9.17, 15) is 18.4 Å². The van der Waals surface area contributed by atoms with Crippen molar-refractivity contribution in [3.63, 3.8) is 0 Å².